The molecule has 0 fully saturated rings. The summed E-state index contributed by atoms with van der Waals surface area (Å²) in [6, 6.07) is 0. The maximum Gasteiger partial charge on any atom is 0.229 e. The third-order valence-electron chi connectivity index (χ3n) is 2.15. The summed E-state index contributed by atoms with van der Waals surface area (Å²) < 4.78 is 1.71. The van der Waals surface area contributed by atoms with Crippen molar-refractivity contribution >= 4 is 22.7 Å². The average molecular weight is 219 g/mol. The maximum absolute atomic E-state index is 4.26. The van der Waals surface area contributed by atoms with Crippen molar-refractivity contribution in [2.45, 2.75) is 0 Å². The number of rotatable bonds is 2. The van der Waals surface area contributed by atoms with Crippen LogP contribution in [0.25, 0.3) is 11.0 Å². The van der Waals surface area contributed by atoms with Gasteiger partial charge in [0.2, 0.25) is 5.95 Å². The van der Waals surface area contributed by atoms with Gasteiger partial charge >= 0.3 is 0 Å². The third-order valence-corrected chi connectivity index (χ3v) is 2.15. The van der Waals surface area contributed by atoms with Gasteiger partial charge in [-0.05, 0) is 0 Å². The third kappa shape index (κ3) is 1.48. The number of nitrogens with one attached hydrogen (secondary N) is 2. The molecule has 0 aliphatic carbocycles. The first-order valence-electron chi connectivity index (χ1n) is 4.73. The molecule has 0 aliphatic heterocycles. The highest BCUT2D eigenvalue weighted by Gasteiger charge is 2.02. The van der Waals surface area contributed by atoms with Crippen LogP contribution < -0.4 is 5.32 Å². The van der Waals surface area contributed by atoms with Crippen LogP contribution in [0.4, 0.5) is 11.6 Å². The van der Waals surface area contributed by atoms with Gasteiger partial charge in [-0.1, -0.05) is 0 Å². The Morgan fingerprint density at radius 1 is 1.38 bits per heavy atom. The first-order valence-corrected chi connectivity index (χ1v) is 4.73. The molecule has 0 amide bonds. The monoisotopic (exact) mass is 219 g/mol. The molecular formula is C9H13N7. The van der Waals surface area contributed by atoms with Crippen molar-refractivity contribution in [3.8, 4) is 0 Å². The van der Waals surface area contributed by atoms with E-state index in [4.69, 9.17) is 0 Å². The molecule has 3 heterocycles. The molecule has 0 saturated heterocycles. The Morgan fingerprint density at radius 2 is 2.31 bits per heavy atom. The number of aryl methyl sites for hydroxylation is 1. The van der Waals surface area contributed by atoms with E-state index >= 15 is 0 Å². The quantitative estimate of drug-likeness (QED) is 0.679. The fraction of sp³-hybridized carbons (Fsp3) is 0.111. The Morgan fingerprint density at radius 3 is 3.12 bits per heavy atom. The number of H-pyrrole nitrogens is 1. The molecule has 0 aromatic carbocycles. The molecule has 7 nitrogen and oxygen atoms in total. The lowest BCUT2D eigenvalue weighted by Gasteiger charge is -1.99. The van der Waals surface area contributed by atoms with Gasteiger partial charge in [-0.25, -0.2) is 4.98 Å². The number of fused-ring (bicyclic) bond motifs is 1. The number of hydrogen-bond acceptors (Lipinski definition) is 5. The van der Waals surface area contributed by atoms with Crippen molar-refractivity contribution in [1.29, 1.82) is 0 Å². The molecule has 0 atom stereocenters. The molecule has 16 heavy (non-hydrogen) atoms. The number of aromatic nitrogens is 6. The average Bonchev–Trinajstić information content (AvgIpc) is 2.87. The molecule has 84 valence electrons. The van der Waals surface area contributed by atoms with Crippen LogP contribution in [0.3, 0.4) is 0 Å². The number of anilines is 2. The Labute approximate surface area is 93.5 Å². The summed E-state index contributed by atoms with van der Waals surface area (Å²) in [6.45, 7) is 0. The minimum absolute atomic E-state index is 0. The summed E-state index contributed by atoms with van der Waals surface area (Å²) in [5.41, 5.74) is 1.56. The van der Waals surface area contributed by atoms with Gasteiger partial charge in [-0.3, -0.25) is 9.78 Å². The van der Waals surface area contributed by atoms with Gasteiger partial charge in [-0.15, -0.1) is 0 Å². The van der Waals surface area contributed by atoms with E-state index in [1.165, 1.54) is 0 Å². The predicted molar refractivity (Wildman–Crippen MR) is 62.4 cm³/mol. The van der Waals surface area contributed by atoms with Crippen molar-refractivity contribution in [1.82, 2.24) is 29.9 Å². The smallest absolute Gasteiger partial charge is 0.229 e. The number of nitrogens with zero attached hydrogens (tertiary/aromatic N) is 5. The standard InChI is InChI=1S/C9H9N7.2H2/c1-16-5-7(4-12-16)13-9-10-2-6-3-11-15-8(6)14-9;;/h2-5H,1H3,(H2,10,11,13,14,15);2*1H. The van der Waals surface area contributed by atoms with E-state index in [0.29, 0.717) is 11.6 Å². The summed E-state index contributed by atoms with van der Waals surface area (Å²) in [7, 11) is 1.85. The highest BCUT2D eigenvalue weighted by atomic mass is 15.3. The highest BCUT2D eigenvalue weighted by molar-refractivity contribution is 5.74. The lowest BCUT2D eigenvalue weighted by atomic mass is 10.4. The summed E-state index contributed by atoms with van der Waals surface area (Å²) in [5, 5.41) is 14.7. The van der Waals surface area contributed by atoms with E-state index < -0.39 is 0 Å². The van der Waals surface area contributed by atoms with Crippen LogP contribution in [0, 0.1) is 0 Å². The van der Waals surface area contributed by atoms with E-state index in [0.717, 1.165) is 11.1 Å². The maximum atomic E-state index is 4.26. The molecule has 0 bridgehead atoms. The van der Waals surface area contributed by atoms with Crippen molar-refractivity contribution in [2.24, 2.45) is 7.05 Å². The van der Waals surface area contributed by atoms with Gasteiger partial charge in [0.05, 0.1) is 23.5 Å². The van der Waals surface area contributed by atoms with Crippen LogP contribution in [-0.4, -0.2) is 29.9 Å². The molecule has 7 heteroatoms. The molecule has 0 unspecified atom stereocenters. The summed E-state index contributed by atoms with van der Waals surface area (Å²) in [5.74, 6) is 0.518. The zero-order valence-electron chi connectivity index (χ0n) is 8.55. The molecule has 3 aromatic rings. The van der Waals surface area contributed by atoms with Gasteiger partial charge in [0.1, 0.15) is 0 Å². The predicted octanol–water partition coefficient (Wildman–Crippen LogP) is 1.32. The van der Waals surface area contributed by atoms with Crippen LogP contribution in [-0.2, 0) is 7.05 Å². The lowest BCUT2D eigenvalue weighted by Crippen LogP contribution is -1.95. The molecule has 0 spiro atoms. The molecule has 3 rings (SSSR count). The zero-order chi connectivity index (χ0) is 11.0. The largest absolute Gasteiger partial charge is 0.321 e. The van der Waals surface area contributed by atoms with Gasteiger partial charge in [0.15, 0.2) is 5.65 Å². The van der Waals surface area contributed by atoms with Crippen LogP contribution >= 0.6 is 0 Å². The Bertz CT molecular complexity index is 632. The van der Waals surface area contributed by atoms with Gasteiger partial charge in [0, 0.05) is 22.3 Å². The SMILES string of the molecule is Cn1cc(Nc2ncc3cn[nH]c3n2)cn1.[HH].[HH]. The lowest BCUT2D eigenvalue weighted by molar-refractivity contribution is 0.768. The second-order valence-corrected chi connectivity index (χ2v) is 3.40. The molecule has 3 aromatic heterocycles. The molecule has 0 aliphatic rings. The summed E-state index contributed by atoms with van der Waals surface area (Å²) >= 11 is 0. The van der Waals surface area contributed by atoms with E-state index in [9.17, 15) is 0 Å². The van der Waals surface area contributed by atoms with Crippen molar-refractivity contribution < 1.29 is 2.85 Å². The van der Waals surface area contributed by atoms with Crippen LogP contribution in [0.2, 0.25) is 0 Å². The van der Waals surface area contributed by atoms with E-state index in [1.54, 1.807) is 23.3 Å². The van der Waals surface area contributed by atoms with Gasteiger partial charge < -0.3 is 5.32 Å². The fourth-order valence-corrected chi connectivity index (χ4v) is 1.41. The molecule has 0 radical (unpaired) electrons. The first kappa shape index (κ1) is 8.84. The number of hydrogen-bond donors (Lipinski definition) is 2. The normalized spacial score (nSPS) is 10.8. The van der Waals surface area contributed by atoms with E-state index in [2.05, 4.69) is 30.6 Å². The summed E-state index contributed by atoms with van der Waals surface area (Å²) in [6.07, 6.45) is 6.95. The zero-order valence-corrected chi connectivity index (χ0v) is 8.55. The Kier molecular flexibility index (Phi) is 1.82. The second kappa shape index (κ2) is 3.30. The molecular weight excluding hydrogens is 206 g/mol. The van der Waals surface area contributed by atoms with Gasteiger partial charge in [-0.2, -0.15) is 15.2 Å². The second-order valence-electron chi connectivity index (χ2n) is 3.40. The number of aromatic amines is 1. The fourth-order valence-electron chi connectivity index (χ4n) is 1.41. The van der Waals surface area contributed by atoms with E-state index in [1.807, 2.05) is 13.2 Å². The van der Waals surface area contributed by atoms with Crippen LogP contribution in [0.1, 0.15) is 2.85 Å². The first-order chi connectivity index (χ1) is 7.81. The summed E-state index contributed by atoms with van der Waals surface area (Å²) in [4.78, 5) is 8.43. The van der Waals surface area contributed by atoms with Crippen molar-refractivity contribution in [3.05, 3.63) is 24.8 Å². The minimum atomic E-state index is 0. The van der Waals surface area contributed by atoms with Crippen LogP contribution in [0.5, 0.6) is 0 Å². The topological polar surface area (TPSA) is 84.3 Å². The Balaban J connectivity index is 0.000000810. The highest BCUT2D eigenvalue weighted by Crippen LogP contribution is 2.13. The minimum Gasteiger partial charge on any atom is -0.321 e. The Hall–Kier alpha value is -2.44. The van der Waals surface area contributed by atoms with Crippen molar-refractivity contribution in [2.75, 3.05) is 5.32 Å². The molecule has 2 N–H and O–H groups in total. The van der Waals surface area contributed by atoms with E-state index in [-0.39, 0.29) is 2.85 Å². The van der Waals surface area contributed by atoms with Crippen molar-refractivity contribution in [3.63, 3.8) is 0 Å². The molecule has 0 saturated carbocycles. The van der Waals surface area contributed by atoms with Gasteiger partial charge in [0.25, 0.3) is 0 Å². The van der Waals surface area contributed by atoms with Crippen LogP contribution in [0.15, 0.2) is 24.8 Å².